The fourth-order valence-corrected chi connectivity index (χ4v) is 2.17. The number of benzene rings is 1. The third-order valence-corrected chi connectivity index (χ3v) is 3.55. The first-order valence-corrected chi connectivity index (χ1v) is 6.54. The minimum Gasteiger partial charge on any atom is -0.394 e. The number of aromatic nitrogens is 2. The molecule has 2 N–H and O–H groups in total. The van der Waals surface area contributed by atoms with E-state index in [0.717, 1.165) is 18.5 Å². The van der Waals surface area contributed by atoms with Crippen LogP contribution in [0.1, 0.15) is 18.2 Å². The second-order valence-electron chi connectivity index (χ2n) is 4.98. The Morgan fingerprint density at radius 1 is 1.26 bits per heavy atom. The summed E-state index contributed by atoms with van der Waals surface area (Å²) in [5.74, 6) is 0. The van der Waals surface area contributed by atoms with Gasteiger partial charge in [0.05, 0.1) is 12.1 Å². The lowest BCUT2D eigenvalue weighted by Crippen LogP contribution is -2.43. The monoisotopic (exact) mass is 259 g/mol. The Morgan fingerprint density at radius 2 is 2.00 bits per heavy atom. The van der Waals surface area contributed by atoms with Crippen LogP contribution in [-0.4, -0.2) is 28.0 Å². The van der Waals surface area contributed by atoms with Crippen LogP contribution in [0, 0.1) is 0 Å². The van der Waals surface area contributed by atoms with Gasteiger partial charge in [0, 0.05) is 31.9 Å². The highest BCUT2D eigenvalue weighted by molar-refractivity contribution is 5.23. The molecule has 4 heteroatoms. The predicted molar refractivity (Wildman–Crippen MR) is 75.8 cm³/mol. The van der Waals surface area contributed by atoms with Crippen molar-refractivity contribution in [1.82, 2.24) is 15.1 Å². The second kappa shape index (κ2) is 5.99. The van der Waals surface area contributed by atoms with Crippen molar-refractivity contribution in [3.05, 3.63) is 53.9 Å². The van der Waals surface area contributed by atoms with Crippen molar-refractivity contribution < 1.29 is 5.11 Å². The molecule has 2 aromatic rings. The van der Waals surface area contributed by atoms with E-state index in [1.54, 1.807) is 6.20 Å². The van der Waals surface area contributed by atoms with E-state index in [4.69, 9.17) is 0 Å². The van der Waals surface area contributed by atoms with Gasteiger partial charge in [-0.2, -0.15) is 5.10 Å². The molecule has 0 fully saturated rings. The Bertz CT molecular complexity index is 509. The van der Waals surface area contributed by atoms with E-state index in [1.165, 1.54) is 5.69 Å². The molecule has 0 aliphatic carbocycles. The molecule has 1 heterocycles. The molecule has 1 unspecified atom stereocenters. The first kappa shape index (κ1) is 13.8. The summed E-state index contributed by atoms with van der Waals surface area (Å²) in [6.45, 7) is 2.89. The first-order valence-electron chi connectivity index (χ1n) is 6.54. The molecule has 0 saturated carbocycles. The Balaban J connectivity index is 1.98. The first-order chi connectivity index (χ1) is 9.15. The largest absolute Gasteiger partial charge is 0.394 e. The summed E-state index contributed by atoms with van der Waals surface area (Å²) in [6.07, 6.45) is 2.69. The third-order valence-electron chi connectivity index (χ3n) is 3.55. The van der Waals surface area contributed by atoms with Gasteiger partial charge in [0.15, 0.2) is 0 Å². The van der Waals surface area contributed by atoms with Crippen LogP contribution in [0.3, 0.4) is 0 Å². The SMILES string of the molecule is Cn1nccc1CCNC(C)(CO)c1ccccc1. The summed E-state index contributed by atoms with van der Waals surface area (Å²) in [5.41, 5.74) is 1.88. The second-order valence-corrected chi connectivity index (χ2v) is 4.98. The van der Waals surface area contributed by atoms with Crippen LogP contribution in [0.2, 0.25) is 0 Å². The normalized spacial score (nSPS) is 14.3. The Labute approximate surface area is 114 Å². The van der Waals surface area contributed by atoms with Crippen LogP contribution in [-0.2, 0) is 19.0 Å². The quantitative estimate of drug-likeness (QED) is 0.826. The van der Waals surface area contributed by atoms with Gasteiger partial charge >= 0.3 is 0 Å². The lowest BCUT2D eigenvalue weighted by Gasteiger charge is -2.29. The van der Waals surface area contributed by atoms with Gasteiger partial charge in [-0.25, -0.2) is 0 Å². The highest BCUT2D eigenvalue weighted by Gasteiger charge is 2.24. The van der Waals surface area contributed by atoms with Crippen molar-refractivity contribution in [1.29, 1.82) is 0 Å². The summed E-state index contributed by atoms with van der Waals surface area (Å²) >= 11 is 0. The maximum atomic E-state index is 9.67. The van der Waals surface area contributed by atoms with E-state index in [9.17, 15) is 5.11 Å². The van der Waals surface area contributed by atoms with Gasteiger partial charge in [-0.15, -0.1) is 0 Å². The maximum Gasteiger partial charge on any atom is 0.0652 e. The average molecular weight is 259 g/mol. The number of rotatable bonds is 6. The molecule has 0 aliphatic rings. The molecular formula is C15H21N3O. The molecule has 1 aromatic carbocycles. The summed E-state index contributed by atoms with van der Waals surface area (Å²) in [4.78, 5) is 0. The fourth-order valence-electron chi connectivity index (χ4n) is 2.17. The third kappa shape index (κ3) is 3.22. The average Bonchev–Trinajstić information content (AvgIpc) is 2.85. The molecule has 0 saturated heterocycles. The van der Waals surface area contributed by atoms with Gasteiger partial charge in [0.25, 0.3) is 0 Å². The van der Waals surface area contributed by atoms with Crippen molar-refractivity contribution in [3.8, 4) is 0 Å². The summed E-state index contributed by atoms with van der Waals surface area (Å²) in [5, 5.41) is 17.3. The number of aliphatic hydroxyl groups excluding tert-OH is 1. The van der Waals surface area contributed by atoms with Crippen molar-refractivity contribution >= 4 is 0 Å². The van der Waals surface area contributed by atoms with Gasteiger partial charge in [0.2, 0.25) is 0 Å². The molecular weight excluding hydrogens is 238 g/mol. The molecule has 0 radical (unpaired) electrons. The standard InChI is InChI=1S/C15H21N3O/c1-15(12-19,13-6-4-3-5-7-13)16-10-8-14-9-11-17-18(14)2/h3-7,9,11,16,19H,8,10,12H2,1-2H3. The lowest BCUT2D eigenvalue weighted by atomic mass is 9.93. The van der Waals surface area contributed by atoms with Crippen molar-refractivity contribution in [2.45, 2.75) is 18.9 Å². The zero-order chi connectivity index (χ0) is 13.7. The van der Waals surface area contributed by atoms with Crippen LogP contribution in [0.25, 0.3) is 0 Å². The summed E-state index contributed by atoms with van der Waals surface area (Å²) in [6, 6.07) is 12.1. The molecule has 1 atom stereocenters. The number of hydrogen-bond donors (Lipinski definition) is 2. The highest BCUT2D eigenvalue weighted by Crippen LogP contribution is 2.19. The molecule has 2 rings (SSSR count). The minimum absolute atomic E-state index is 0.0718. The number of nitrogens with zero attached hydrogens (tertiary/aromatic N) is 2. The van der Waals surface area contributed by atoms with E-state index in [-0.39, 0.29) is 6.61 Å². The minimum atomic E-state index is -0.403. The molecule has 1 aromatic heterocycles. The van der Waals surface area contributed by atoms with Gasteiger partial charge in [-0.05, 0) is 18.6 Å². The highest BCUT2D eigenvalue weighted by atomic mass is 16.3. The van der Waals surface area contributed by atoms with Crippen LogP contribution in [0.5, 0.6) is 0 Å². The van der Waals surface area contributed by atoms with Crippen molar-refractivity contribution in [2.75, 3.05) is 13.2 Å². The van der Waals surface area contributed by atoms with Crippen LogP contribution in [0.15, 0.2) is 42.6 Å². The van der Waals surface area contributed by atoms with E-state index < -0.39 is 5.54 Å². The number of hydrogen-bond acceptors (Lipinski definition) is 3. The molecule has 0 spiro atoms. The number of aryl methyl sites for hydroxylation is 1. The number of nitrogens with one attached hydrogen (secondary N) is 1. The molecule has 0 bridgehead atoms. The van der Waals surface area contributed by atoms with E-state index in [1.807, 2.05) is 55.1 Å². The molecule has 4 nitrogen and oxygen atoms in total. The fraction of sp³-hybridized carbons (Fsp3) is 0.400. The summed E-state index contributed by atoms with van der Waals surface area (Å²) in [7, 11) is 1.94. The zero-order valence-electron chi connectivity index (χ0n) is 11.5. The van der Waals surface area contributed by atoms with Gasteiger partial charge < -0.3 is 10.4 Å². The van der Waals surface area contributed by atoms with Crippen LogP contribution in [0.4, 0.5) is 0 Å². The predicted octanol–water partition coefficient (Wildman–Crippen LogP) is 1.46. The lowest BCUT2D eigenvalue weighted by molar-refractivity contribution is 0.175. The van der Waals surface area contributed by atoms with Crippen molar-refractivity contribution in [2.24, 2.45) is 7.05 Å². The molecule has 102 valence electrons. The molecule has 0 amide bonds. The van der Waals surface area contributed by atoms with E-state index in [2.05, 4.69) is 10.4 Å². The Hall–Kier alpha value is -1.65. The topological polar surface area (TPSA) is 50.1 Å². The summed E-state index contributed by atoms with van der Waals surface area (Å²) < 4.78 is 1.88. The van der Waals surface area contributed by atoms with Crippen molar-refractivity contribution in [3.63, 3.8) is 0 Å². The Morgan fingerprint density at radius 3 is 2.58 bits per heavy atom. The number of aliphatic hydroxyl groups is 1. The van der Waals surface area contributed by atoms with Gasteiger partial charge in [0.1, 0.15) is 0 Å². The van der Waals surface area contributed by atoms with Crippen LogP contribution >= 0.6 is 0 Å². The van der Waals surface area contributed by atoms with E-state index >= 15 is 0 Å². The Kier molecular flexibility index (Phi) is 4.35. The molecule has 19 heavy (non-hydrogen) atoms. The maximum absolute atomic E-state index is 9.67. The van der Waals surface area contributed by atoms with Crippen LogP contribution < -0.4 is 5.32 Å². The zero-order valence-corrected chi connectivity index (χ0v) is 11.5. The van der Waals surface area contributed by atoms with E-state index in [0.29, 0.717) is 0 Å². The smallest absolute Gasteiger partial charge is 0.0652 e. The van der Waals surface area contributed by atoms with Gasteiger partial charge in [-0.3, -0.25) is 4.68 Å². The van der Waals surface area contributed by atoms with Gasteiger partial charge in [-0.1, -0.05) is 30.3 Å². The molecule has 0 aliphatic heterocycles.